The summed E-state index contributed by atoms with van der Waals surface area (Å²) in [5.41, 5.74) is 0. The Balaban J connectivity index is 1.67. The molecule has 1 saturated heterocycles. The van der Waals surface area contributed by atoms with Gasteiger partial charge in [-0.1, -0.05) is 0 Å². The summed E-state index contributed by atoms with van der Waals surface area (Å²) in [6, 6.07) is 0.942. The van der Waals surface area contributed by atoms with Gasteiger partial charge in [-0.2, -0.15) is 0 Å². The van der Waals surface area contributed by atoms with E-state index < -0.39 is 0 Å². The van der Waals surface area contributed by atoms with Crippen molar-refractivity contribution in [3.05, 3.63) is 0 Å². The lowest BCUT2D eigenvalue weighted by molar-refractivity contribution is -0.0983. The molecular formula is C9H15N. The summed E-state index contributed by atoms with van der Waals surface area (Å²) in [7, 11) is 0. The molecule has 0 spiro atoms. The van der Waals surface area contributed by atoms with Crippen molar-refractivity contribution < 1.29 is 0 Å². The number of hydrogen-bond donors (Lipinski definition) is 1. The Hall–Kier alpha value is -0.0400. The van der Waals surface area contributed by atoms with Crippen LogP contribution in [0.2, 0.25) is 0 Å². The summed E-state index contributed by atoms with van der Waals surface area (Å²) < 4.78 is 0. The number of hydrogen-bond acceptors (Lipinski definition) is 1. The highest BCUT2D eigenvalue weighted by atomic mass is 15.0. The molecule has 3 aliphatic carbocycles. The van der Waals surface area contributed by atoms with Gasteiger partial charge in [0.2, 0.25) is 0 Å². The van der Waals surface area contributed by atoms with Gasteiger partial charge in [-0.3, -0.25) is 0 Å². The molecular weight excluding hydrogens is 122 g/mol. The molecule has 1 heteroatoms. The highest BCUT2D eigenvalue weighted by Crippen LogP contribution is 2.60. The van der Waals surface area contributed by atoms with Crippen molar-refractivity contribution in [3.8, 4) is 0 Å². The molecule has 1 atom stereocenters. The fourth-order valence-corrected chi connectivity index (χ4v) is 3.03. The molecule has 0 amide bonds. The number of rotatable bonds is 1. The van der Waals surface area contributed by atoms with Gasteiger partial charge in [0.05, 0.1) is 0 Å². The molecule has 0 radical (unpaired) electrons. The Kier molecular flexibility index (Phi) is 0.984. The van der Waals surface area contributed by atoms with Gasteiger partial charge < -0.3 is 5.32 Å². The van der Waals surface area contributed by atoms with Crippen molar-refractivity contribution in [1.29, 1.82) is 0 Å². The third-order valence-corrected chi connectivity index (χ3v) is 3.86. The fraction of sp³-hybridized carbons (Fsp3) is 1.00. The van der Waals surface area contributed by atoms with E-state index >= 15 is 0 Å². The van der Waals surface area contributed by atoms with E-state index in [-0.39, 0.29) is 0 Å². The van der Waals surface area contributed by atoms with Gasteiger partial charge in [-0.05, 0) is 50.0 Å². The zero-order valence-corrected chi connectivity index (χ0v) is 6.34. The quantitative estimate of drug-likeness (QED) is 0.576. The van der Waals surface area contributed by atoms with Gasteiger partial charge in [0.1, 0.15) is 0 Å². The SMILES string of the molecule is C1CNC(C2C3CC2C3)C1. The summed E-state index contributed by atoms with van der Waals surface area (Å²) in [5.74, 6) is 3.43. The van der Waals surface area contributed by atoms with Crippen molar-refractivity contribution in [2.45, 2.75) is 31.7 Å². The first-order valence-corrected chi connectivity index (χ1v) is 4.68. The van der Waals surface area contributed by atoms with Crippen LogP contribution in [0.5, 0.6) is 0 Å². The largest absolute Gasteiger partial charge is 0.314 e. The Morgan fingerprint density at radius 3 is 2.30 bits per heavy atom. The maximum atomic E-state index is 3.62. The van der Waals surface area contributed by atoms with Crippen molar-refractivity contribution >= 4 is 0 Å². The first-order valence-electron chi connectivity index (χ1n) is 4.68. The van der Waals surface area contributed by atoms with E-state index in [1.807, 2.05) is 0 Å². The standard InChI is InChI=1S/C9H15N/c1-2-8(10-3-1)9-6-4-7(9)5-6/h6-10H,1-5H2. The predicted molar refractivity (Wildman–Crippen MR) is 40.7 cm³/mol. The van der Waals surface area contributed by atoms with Crippen LogP contribution in [0.3, 0.4) is 0 Å². The molecule has 4 rings (SSSR count). The average molecular weight is 137 g/mol. The highest BCUT2D eigenvalue weighted by molar-refractivity contribution is 5.07. The summed E-state index contributed by atoms with van der Waals surface area (Å²) in [6.07, 6.45) is 6.05. The predicted octanol–water partition coefficient (Wildman–Crippen LogP) is 1.39. The molecule has 1 heterocycles. The maximum absolute atomic E-state index is 3.62. The maximum Gasteiger partial charge on any atom is 0.0101 e. The van der Waals surface area contributed by atoms with Crippen molar-refractivity contribution in [2.75, 3.05) is 6.54 Å². The smallest absolute Gasteiger partial charge is 0.0101 e. The second-order valence-electron chi connectivity index (χ2n) is 4.27. The average Bonchev–Trinajstić information content (AvgIpc) is 2.07. The van der Waals surface area contributed by atoms with Crippen LogP contribution in [0, 0.1) is 17.8 Å². The van der Waals surface area contributed by atoms with Gasteiger partial charge in [0, 0.05) is 6.04 Å². The molecule has 3 saturated carbocycles. The summed E-state index contributed by atoms with van der Waals surface area (Å²) in [4.78, 5) is 0. The second-order valence-corrected chi connectivity index (χ2v) is 4.27. The third kappa shape index (κ3) is 0.531. The van der Waals surface area contributed by atoms with E-state index in [4.69, 9.17) is 0 Å². The molecule has 4 fully saturated rings. The molecule has 0 aromatic rings. The van der Waals surface area contributed by atoms with E-state index in [2.05, 4.69) is 5.32 Å². The van der Waals surface area contributed by atoms with E-state index in [0.717, 1.165) is 23.8 Å². The van der Waals surface area contributed by atoms with E-state index in [0.29, 0.717) is 0 Å². The lowest BCUT2D eigenvalue weighted by atomic mass is 9.46. The van der Waals surface area contributed by atoms with Gasteiger partial charge in [-0.25, -0.2) is 0 Å². The van der Waals surface area contributed by atoms with Crippen LogP contribution in [0.1, 0.15) is 25.7 Å². The lowest BCUT2D eigenvalue weighted by Crippen LogP contribution is -2.57. The Bertz CT molecular complexity index is 135. The van der Waals surface area contributed by atoms with Crippen LogP contribution >= 0.6 is 0 Å². The van der Waals surface area contributed by atoms with E-state index in [1.165, 1.54) is 19.4 Å². The first kappa shape index (κ1) is 5.59. The lowest BCUT2D eigenvalue weighted by Gasteiger charge is -2.60. The molecule has 0 aromatic carbocycles. The van der Waals surface area contributed by atoms with Crippen molar-refractivity contribution in [1.82, 2.24) is 5.32 Å². The Labute approximate surface area is 62.2 Å². The molecule has 1 N–H and O–H groups in total. The molecule has 0 aromatic heterocycles. The van der Waals surface area contributed by atoms with Crippen LogP contribution in [-0.4, -0.2) is 12.6 Å². The normalized spacial score (nSPS) is 57.6. The highest BCUT2D eigenvalue weighted by Gasteiger charge is 2.55. The van der Waals surface area contributed by atoms with Crippen LogP contribution in [0.15, 0.2) is 0 Å². The molecule has 2 bridgehead atoms. The molecule has 4 aliphatic rings. The zero-order chi connectivity index (χ0) is 6.55. The molecule has 1 aliphatic heterocycles. The van der Waals surface area contributed by atoms with Gasteiger partial charge in [0.25, 0.3) is 0 Å². The minimum absolute atomic E-state index is 0.942. The van der Waals surface area contributed by atoms with E-state index in [9.17, 15) is 0 Å². The summed E-state index contributed by atoms with van der Waals surface area (Å²) in [5, 5.41) is 3.62. The first-order chi connectivity index (χ1) is 4.95. The summed E-state index contributed by atoms with van der Waals surface area (Å²) in [6.45, 7) is 1.29. The van der Waals surface area contributed by atoms with Gasteiger partial charge in [-0.15, -0.1) is 0 Å². The molecule has 56 valence electrons. The zero-order valence-electron chi connectivity index (χ0n) is 6.34. The Morgan fingerprint density at radius 2 is 1.90 bits per heavy atom. The van der Waals surface area contributed by atoms with Crippen LogP contribution in [-0.2, 0) is 0 Å². The minimum atomic E-state index is 0.942. The minimum Gasteiger partial charge on any atom is -0.314 e. The molecule has 1 nitrogen and oxygen atoms in total. The molecule has 1 unspecified atom stereocenters. The number of nitrogens with one attached hydrogen (secondary N) is 1. The van der Waals surface area contributed by atoms with Crippen LogP contribution in [0.25, 0.3) is 0 Å². The summed E-state index contributed by atoms with van der Waals surface area (Å²) >= 11 is 0. The van der Waals surface area contributed by atoms with Crippen LogP contribution < -0.4 is 5.32 Å². The Morgan fingerprint density at radius 1 is 1.10 bits per heavy atom. The second kappa shape index (κ2) is 1.76. The fourth-order valence-electron chi connectivity index (χ4n) is 3.03. The third-order valence-electron chi connectivity index (χ3n) is 3.86. The molecule has 10 heavy (non-hydrogen) atoms. The van der Waals surface area contributed by atoms with Crippen LogP contribution in [0.4, 0.5) is 0 Å². The topological polar surface area (TPSA) is 12.0 Å². The van der Waals surface area contributed by atoms with Gasteiger partial charge in [0.15, 0.2) is 0 Å². The van der Waals surface area contributed by atoms with Gasteiger partial charge >= 0.3 is 0 Å². The van der Waals surface area contributed by atoms with E-state index in [1.54, 1.807) is 12.8 Å². The van der Waals surface area contributed by atoms with Crippen molar-refractivity contribution in [2.24, 2.45) is 17.8 Å². The van der Waals surface area contributed by atoms with Crippen molar-refractivity contribution in [3.63, 3.8) is 0 Å². The monoisotopic (exact) mass is 137 g/mol.